The molecule has 0 unspecified atom stereocenters. The third-order valence-corrected chi connectivity index (χ3v) is 8.66. The van der Waals surface area contributed by atoms with Gasteiger partial charge in [-0.05, 0) is 62.8 Å². The van der Waals surface area contributed by atoms with Crippen LogP contribution in [0.1, 0.15) is 37.1 Å². The number of fused-ring (bicyclic) bond motifs is 2. The van der Waals surface area contributed by atoms with Crippen molar-refractivity contribution in [1.29, 1.82) is 0 Å². The molecule has 32 heavy (non-hydrogen) atoms. The van der Waals surface area contributed by atoms with E-state index in [0.717, 1.165) is 31.4 Å². The van der Waals surface area contributed by atoms with Crippen molar-refractivity contribution in [3.63, 3.8) is 0 Å². The molecule has 2 bridgehead atoms. The number of nitrogens with zero attached hydrogens (tertiary/aromatic N) is 2. The number of aryl methyl sites for hydroxylation is 2. The van der Waals surface area contributed by atoms with Crippen LogP contribution in [0.25, 0.3) is 11.1 Å². The normalized spacial score (nSPS) is 23.4. The highest BCUT2D eigenvalue weighted by Crippen LogP contribution is 2.38. The fourth-order valence-corrected chi connectivity index (χ4v) is 7.29. The van der Waals surface area contributed by atoms with Gasteiger partial charge in [-0.25, -0.2) is 8.42 Å². The molecule has 2 fully saturated rings. The summed E-state index contributed by atoms with van der Waals surface area (Å²) < 4.78 is 32.5. The summed E-state index contributed by atoms with van der Waals surface area (Å²) in [5, 5.41) is 6.87. The predicted molar refractivity (Wildman–Crippen MR) is 124 cm³/mol. The van der Waals surface area contributed by atoms with E-state index < -0.39 is 9.84 Å². The van der Waals surface area contributed by atoms with E-state index in [0.29, 0.717) is 16.3 Å². The summed E-state index contributed by atoms with van der Waals surface area (Å²) in [7, 11) is -3.42. The van der Waals surface area contributed by atoms with Crippen molar-refractivity contribution in [3.8, 4) is 16.9 Å². The van der Waals surface area contributed by atoms with Gasteiger partial charge < -0.3 is 4.74 Å². The molecular weight excluding hydrogens is 422 g/mol. The standard InChI is InChI=1S/C25H29N3O3S/c1-17-25(18(2)27-26-17)32(29,30)16-28-21-10-11-22(28)15-24(14-21)31-23-12-8-20(9-13-23)19-6-4-3-5-7-19/h3-9,12-13,21-22,24H,10-11,14-16H2,1-2H3,(H,26,27)/t21-,22+,24-. The Morgan fingerprint density at radius 3 is 2.19 bits per heavy atom. The van der Waals surface area contributed by atoms with Gasteiger partial charge in [0.1, 0.15) is 22.6 Å². The maximum Gasteiger partial charge on any atom is 0.195 e. The SMILES string of the molecule is Cc1n[nH]c(C)c1S(=O)(=O)CN1[C@@H]2CC[C@H]1C[C@H](Oc1ccc(-c3ccccc3)cc1)C2. The summed E-state index contributed by atoms with van der Waals surface area (Å²) in [6, 6.07) is 19.0. The van der Waals surface area contributed by atoms with Gasteiger partial charge in [0.25, 0.3) is 0 Å². The van der Waals surface area contributed by atoms with Gasteiger partial charge in [-0.15, -0.1) is 0 Å². The molecule has 2 saturated heterocycles. The molecule has 3 aromatic rings. The Balaban J connectivity index is 1.24. The largest absolute Gasteiger partial charge is 0.490 e. The molecular formula is C25H29N3O3S. The first-order valence-electron chi connectivity index (χ1n) is 11.2. The van der Waals surface area contributed by atoms with Crippen LogP contribution >= 0.6 is 0 Å². The molecule has 7 heteroatoms. The number of ether oxygens (including phenoxy) is 1. The highest BCUT2D eigenvalue weighted by molar-refractivity contribution is 7.91. The van der Waals surface area contributed by atoms with E-state index in [2.05, 4.69) is 39.4 Å². The Kier molecular flexibility index (Phi) is 5.55. The van der Waals surface area contributed by atoms with Gasteiger partial charge in [-0.2, -0.15) is 5.10 Å². The molecule has 3 heterocycles. The van der Waals surface area contributed by atoms with E-state index in [4.69, 9.17) is 4.74 Å². The van der Waals surface area contributed by atoms with Crippen LogP contribution in [0.5, 0.6) is 5.75 Å². The van der Waals surface area contributed by atoms with Gasteiger partial charge in [0.15, 0.2) is 9.84 Å². The molecule has 5 rings (SSSR count). The van der Waals surface area contributed by atoms with E-state index in [1.807, 2.05) is 30.3 Å². The Labute approximate surface area is 189 Å². The van der Waals surface area contributed by atoms with E-state index in [1.165, 1.54) is 11.1 Å². The molecule has 2 aliphatic rings. The van der Waals surface area contributed by atoms with E-state index in [9.17, 15) is 8.42 Å². The topological polar surface area (TPSA) is 75.3 Å². The van der Waals surface area contributed by atoms with Crippen LogP contribution in [0, 0.1) is 13.8 Å². The fourth-order valence-electron chi connectivity index (χ4n) is 5.34. The first kappa shape index (κ1) is 21.2. The van der Waals surface area contributed by atoms with Crippen LogP contribution in [0.2, 0.25) is 0 Å². The van der Waals surface area contributed by atoms with Gasteiger partial charge in [-0.1, -0.05) is 42.5 Å². The summed E-state index contributed by atoms with van der Waals surface area (Å²) in [5.41, 5.74) is 3.52. The van der Waals surface area contributed by atoms with Gasteiger partial charge >= 0.3 is 0 Å². The van der Waals surface area contributed by atoms with Gasteiger partial charge in [0, 0.05) is 12.1 Å². The molecule has 3 atom stereocenters. The molecule has 0 amide bonds. The summed E-state index contributed by atoms with van der Waals surface area (Å²) in [6.45, 7) is 3.51. The molecule has 2 aromatic carbocycles. The van der Waals surface area contributed by atoms with Crippen LogP contribution in [-0.4, -0.2) is 47.6 Å². The highest BCUT2D eigenvalue weighted by atomic mass is 32.2. The zero-order valence-electron chi connectivity index (χ0n) is 18.5. The van der Waals surface area contributed by atoms with Crippen molar-refractivity contribution >= 4 is 9.84 Å². The summed E-state index contributed by atoms with van der Waals surface area (Å²) in [6.07, 6.45) is 3.88. The minimum absolute atomic E-state index is 0.0576. The van der Waals surface area contributed by atoms with Crippen molar-refractivity contribution in [2.45, 2.75) is 62.6 Å². The van der Waals surface area contributed by atoms with E-state index in [-0.39, 0.29) is 24.1 Å². The number of H-pyrrole nitrogens is 1. The number of aromatic nitrogens is 2. The lowest BCUT2D eigenvalue weighted by Crippen LogP contribution is -2.48. The maximum absolute atomic E-state index is 13.1. The van der Waals surface area contributed by atoms with Crippen molar-refractivity contribution in [2.75, 3.05) is 5.88 Å². The zero-order valence-corrected chi connectivity index (χ0v) is 19.3. The Hall–Kier alpha value is -2.64. The second kappa shape index (κ2) is 8.37. The molecule has 1 N–H and O–H groups in total. The Morgan fingerprint density at radius 2 is 1.59 bits per heavy atom. The fraction of sp³-hybridized carbons (Fsp3) is 0.400. The second-order valence-corrected chi connectivity index (χ2v) is 10.9. The lowest BCUT2D eigenvalue weighted by Gasteiger charge is -2.38. The number of nitrogens with one attached hydrogen (secondary N) is 1. The highest BCUT2D eigenvalue weighted by Gasteiger charge is 2.43. The molecule has 6 nitrogen and oxygen atoms in total. The van der Waals surface area contributed by atoms with Crippen molar-refractivity contribution in [3.05, 3.63) is 66.0 Å². The monoisotopic (exact) mass is 451 g/mol. The summed E-state index contributed by atoms with van der Waals surface area (Å²) >= 11 is 0. The average Bonchev–Trinajstić information content (AvgIpc) is 3.23. The Morgan fingerprint density at radius 1 is 0.969 bits per heavy atom. The quantitative estimate of drug-likeness (QED) is 0.597. The minimum Gasteiger partial charge on any atom is -0.490 e. The number of sulfone groups is 1. The molecule has 2 aliphatic heterocycles. The molecule has 0 spiro atoms. The smallest absolute Gasteiger partial charge is 0.195 e. The number of hydrogen-bond acceptors (Lipinski definition) is 5. The second-order valence-electron chi connectivity index (χ2n) is 9.01. The molecule has 1 aromatic heterocycles. The number of benzene rings is 2. The van der Waals surface area contributed by atoms with Crippen LogP contribution in [0.4, 0.5) is 0 Å². The van der Waals surface area contributed by atoms with Crippen molar-refractivity contribution in [2.24, 2.45) is 0 Å². The van der Waals surface area contributed by atoms with Gasteiger partial charge in [0.2, 0.25) is 0 Å². The first-order valence-corrected chi connectivity index (χ1v) is 12.9. The maximum atomic E-state index is 13.1. The Bertz CT molecular complexity index is 1160. The van der Waals surface area contributed by atoms with E-state index >= 15 is 0 Å². The third kappa shape index (κ3) is 4.07. The number of hydrogen-bond donors (Lipinski definition) is 1. The summed E-state index contributed by atoms with van der Waals surface area (Å²) in [4.78, 5) is 2.54. The summed E-state index contributed by atoms with van der Waals surface area (Å²) in [5.74, 6) is 0.932. The lowest BCUT2D eigenvalue weighted by atomic mass is 10.0. The molecule has 0 aliphatic carbocycles. The average molecular weight is 452 g/mol. The zero-order chi connectivity index (χ0) is 22.3. The molecule has 0 saturated carbocycles. The van der Waals surface area contributed by atoms with E-state index in [1.54, 1.807) is 13.8 Å². The van der Waals surface area contributed by atoms with Crippen molar-refractivity contribution in [1.82, 2.24) is 15.1 Å². The van der Waals surface area contributed by atoms with Crippen LogP contribution < -0.4 is 4.74 Å². The van der Waals surface area contributed by atoms with Crippen molar-refractivity contribution < 1.29 is 13.2 Å². The number of rotatable bonds is 6. The van der Waals surface area contributed by atoms with Gasteiger partial charge in [0.05, 0.1) is 11.4 Å². The molecule has 168 valence electrons. The lowest BCUT2D eigenvalue weighted by molar-refractivity contribution is 0.0609. The predicted octanol–water partition coefficient (Wildman–Crippen LogP) is 4.50. The number of piperidine rings is 1. The van der Waals surface area contributed by atoms with Crippen LogP contribution in [-0.2, 0) is 9.84 Å². The third-order valence-electron chi connectivity index (χ3n) is 6.80. The van der Waals surface area contributed by atoms with Crippen LogP contribution in [0.15, 0.2) is 59.5 Å². The molecule has 0 radical (unpaired) electrons. The number of aromatic amines is 1. The minimum atomic E-state index is -3.42. The first-order chi connectivity index (χ1) is 15.4. The van der Waals surface area contributed by atoms with Crippen LogP contribution in [0.3, 0.4) is 0 Å². The van der Waals surface area contributed by atoms with Gasteiger partial charge in [-0.3, -0.25) is 10.00 Å².